The number of halogens is 2. The van der Waals surface area contributed by atoms with Crippen LogP contribution in [0.5, 0.6) is 0 Å². The molecule has 3 N–H and O–H groups in total. The van der Waals surface area contributed by atoms with E-state index in [0.717, 1.165) is 11.1 Å². The summed E-state index contributed by atoms with van der Waals surface area (Å²) in [6, 6.07) is 13.7. The lowest BCUT2D eigenvalue weighted by molar-refractivity contribution is 0.588. The molecule has 1 atom stereocenters. The largest absolute Gasteiger partial charge is 0.271 e. The summed E-state index contributed by atoms with van der Waals surface area (Å²) < 4.78 is 0. The van der Waals surface area contributed by atoms with Gasteiger partial charge >= 0.3 is 0 Å². The van der Waals surface area contributed by atoms with Gasteiger partial charge in [0.25, 0.3) is 0 Å². The fourth-order valence-electron chi connectivity index (χ4n) is 2.28. The van der Waals surface area contributed by atoms with E-state index in [1.807, 2.05) is 12.1 Å². The minimum absolute atomic E-state index is 0.127. The Morgan fingerprint density at radius 3 is 2.10 bits per heavy atom. The molecule has 21 heavy (non-hydrogen) atoms. The number of hydrogen-bond acceptors (Lipinski definition) is 2. The predicted molar refractivity (Wildman–Crippen MR) is 90.8 cm³/mol. The Morgan fingerprint density at radius 2 is 1.62 bits per heavy atom. The van der Waals surface area contributed by atoms with Gasteiger partial charge in [-0.3, -0.25) is 5.84 Å². The highest BCUT2D eigenvalue weighted by Gasteiger charge is 2.18. The summed E-state index contributed by atoms with van der Waals surface area (Å²) in [5, 5.41) is 1.22. The van der Waals surface area contributed by atoms with E-state index in [9.17, 15) is 0 Å². The van der Waals surface area contributed by atoms with E-state index in [-0.39, 0.29) is 11.5 Å². The van der Waals surface area contributed by atoms with Gasteiger partial charge in [0.2, 0.25) is 0 Å². The smallest absolute Gasteiger partial charge is 0.0724 e. The molecule has 0 fully saturated rings. The zero-order chi connectivity index (χ0) is 15.6. The molecule has 2 nitrogen and oxygen atoms in total. The first-order chi connectivity index (χ1) is 9.82. The van der Waals surface area contributed by atoms with Crippen LogP contribution in [0.15, 0.2) is 42.5 Å². The molecule has 0 saturated carbocycles. The second-order valence-electron chi connectivity index (χ2n) is 6.14. The molecule has 0 heterocycles. The second kappa shape index (κ2) is 6.37. The molecule has 2 aromatic rings. The van der Waals surface area contributed by atoms with Gasteiger partial charge < -0.3 is 0 Å². The Morgan fingerprint density at radius 1 is 1.00 bits per heavy atom. The Kier molecular flexibility index (Phi) is 4.95. The van der Waals surface area contributed by atoms with Crippen molar-refractivity contribution in [3.8, 4) is 0 Å². The molecule has 0 amide bonds. The molecule has 0 aliphatic carbocycles. The summed E-state index contributed by atoms with van der Waals surface area (Å²) in [6.07, 6.45) is 0. The van der Waals surface area contributed by atoms with Crippen molar-refractivity contribution < 1.29 is 0 Å². The van der Waals surface area contributed by atoms with E-state index in [1.54, 1.807) is 6.07 Å². The molecule has 2 rings (SSSR count). The third-order valence-electron chi connectivity index (χ3n) is 3.55. The lowest BCUT2D eigenvalue weighted by Gasteiger charge is -2.22. The molecule has 4 heteroatoms. The van der Waals surface area contributed by atoms with Gasteiger partial charge in [-0.2, -0.15) is 0 Å². The van der Waals surface area contributed by atoms with Crippen LogP contribution in [0.3, 0.4) is 0 Å². The molecule has 0 aliphatic rings. The highest BCUT2D eigenvalue weighted by atomic mass is 35.5. The molecular formula is C17H20Cl2N2. The minimum Gasteiger partial charge on any atom is -0.271 e. The summed E-state index contributed by atoms with van der Waals surface area (Å²) in [6.45, 7) is 6.57. The number of nitrogens with one attached hydrogen (secondary N) is 1. The van der Waals surface area contributed by atoms with E-state index in [2.05, 4.69) is 50.5 Å². The average molecular weight is 323 g/mol. The molecule has 0 aliphatic heterocycles. The molecule has 0 spiro atoms. The summed E-state index contributed by atoms with van der Waals surface area (Å²) in [7, 11) is 0. The number of hydrogen-bond donors (Lipinski definition) is 2. The quantitative estimate of drug-likeness (QED) is 0.626. The standard InChI is InChI=1S/C17H20Cl2N2/c1-17(2,3)12-6-4-11(5-7-12)16(21-20)14-9-8-13(18)10-15(14)19/h4-10,16,21H,20H2,1-3H3. The summed E-state index contributed by atoms with van der Waals surface area (Å²) in [5.74, 6) is 5.73. The van der Waals surface area contributed by atoms with Crippen LogP contribution in [0.2, 0.25) is 10.0 Å². The van der Waals surface area contributed by atoms with Crippen LogP contribution in [0.1, 0.15) is 43.5 Å². The fraction of sp³-hybridized carbons (Fsp3) is 0.294. The number of nitrogens with two attached hydrogens (primary N) is 1. The maximum Gasteiger partial charge on any atom is 0.0724 e. The van der Waals surface area contributed by atoms with Crippen LogP contribution < -0.4 is 11.3 Å². The van der Waals surface area contributed by atoms with Crippen LogP contribution in [0.4, 0.5) is 0 Å². The fourth-order valence-corrected chi connectivity index (χ4v) is 2.79. The van der Waals surface area contributed by atoms with Crippen molar-refractivity contribution in [1.82, 2.24) is 5.43 Å². The highest BCUT2D eigenvalue weighted by molar-refractivity contribution is 6.35. The molecule has 0 aromatic heterocycles. The van der Waals surface area contributed by atoms with Crippen LogP contribution >= 0.6 is 23.2 Å². The van der Waals surface area contributed by atoms with E-state index in [0.29, 0.717) is 10.0 Å². The van der Waals surface area contributed by atoms with Gasteiger partial charge in [-0.15, -0.1) is 0 Å². The van der Waals surface area contributed by atoms with E-state index >= 15 is 0 Å². The number of hydrazine groups is 1. The van der Waals surface area contributed by atoms with Crippen molar-refractivity contribution in [2.24, 2.45) is 5.84 Å². The first-order valence-corrected chi connectivity index (χ1v) is 7.60. The Labute approximate surface area is 136 Å². The number of rotatable bonds is 3. The van der Waals surface area contributed by atoms with Crippen molar-refractivity contribution in [2.75, 3.05) is 0 Å². The normalized spacial score (nSPS) is 13.2. The Bertz CT molecular complexity index is 616. The van der Waals surface area contributed by atoms with Crippen LogP contribution in [-0.4, -0.2) is 0 Å². The molecule has 0 saturated heterocycles. The van der Waals surface area contributed by atoms with Crippen LogP contribution in [0, 0.1) is 0 Å². The van der Waals surface area contributed by atoms with Gasteiger partial charge in [-0.25, -0.2) is 5.43 Å². The molecule has 1 unspecified atom stereocenters. The lowest BCUT2D eigenvalue weighted by Crippen LogP contribution is -2.29. The molecular weight excluding hydrogens is 303 g/mol. The molecule has 0 bridgehead atoms. The molecule has 2 aromatic carbocycles. The number of benzene rings is 2. The third kappa shape index (κ3) is 3.78. The van der Waals surface area contributed by atoms with Crippen molar-refractivity contribution in [3.05, 3.63) is 69.2 Å². The summed E-state index contributed by atoms with van der Waals surface area (Å²) in [5.41, 5.74) is 6.21. The van der Waals surface area contributed by atoms with Gasteiger partial charge in [0, 0.05) is 10.0 Å². The molecule has 112 valence electrons. The first-order valence-electron chi connectivity index (χ1n) is 6.84. The maximum atomic E-state index is 6.28. The van der Waals surface area contributed by atoms with Crippen LogP contribution in [0.25, 0.3) is 0 Å². The van der Waals surface area contributed by atoms with E-state index in [4.69, 9.17) is 29.0 Å². The van der Waals surface area contributed by atoms with Crippen molar-refractivity contribution in [3.63, 3.8) is 0 Å². The Balaban J connectivity index is 2.37. The SMILES string of the molecule is CC(C)(C)c1ccc(C(NN)c2ccc(Cl)cc2Cl)cc1. The summed E-state index contributed by atoms with van der Waals surface area (Å²) >= 11 is 12.2. The predicted octanol–water partition coefficient (Wildman–Crippen LogP) is 4.84. The minimum atomic E-state index is -0.163. The highest BCUT2D eigenvalue weighted by Crippen LogP contribution is 2.31. The first kappa shape index (κ1) is 16.3. The van der Waals surface area contributed by atoms with Crippen molar-refractivity contribution in [1.29, 1.82) is 0 Å². The average Bonchev–Trinajstić information content (AvgIpc) is 2.41. The van der Waals surface area contributed by atoms with E-state index in [1.165, 1.54) is 5.56 Å². The lowest BCUT2D eigenvalue weighted by atomic mass is 9.86. The topological polar surface area (TPSA) is 38.0 Å². The van der Waals surface area contributed by atoms with Crippen molar-refractivity contribution in [2.45, 2.75) is 32.2 Å². The molecule has 0 radical (unpaired) electrons. The zero-order valence-corrected chi connectivity index (χ0v) is 14.0. The second-order valence-corrected chi connectivity index (χ2v) is 6.98. The van der Waals surface area contributed by atoms with Gasteiger partial charge in [-0.1, -0.05) is 74.3 Å². The van der Waals surface area contributed by atoms with Crippen LogP contribution in [-0.2, 0) is 5.41 Å². The van der Waals surface area contributed by atoms with Gasteiger partial charge in [0.15, 0.2) is 0 Å². The van der Waals surface area contributed by atoms with Crippen molar-refractivity contribution >= 4 is 23.2 Å². The van der Waals surface area contributed by atoms with Gasteiger partial charge in [0.05, 0.1) is 6.04 Å². The van der Waals surface area contributed by atoms with Gasteiger partial charge in [0.1, 0.15) is 0 Å². The zero-order valence-electron chi connectivity index (χ0n) is 12.5. The Hall–Kier alpha value is -1.06. The van der Waals surface area contributed by atoms with E-state index < -0.39 is 0 Å². The maximum absolute atomic E-state index is 6.28. The third-order valence-corrected chi connectivity index (χ3v) is 4.11. The summed E-state index contributed by atoms with van der Waals surface area (Å²) in [4.78, 5) is 0. The monoisotopic (exact) mass is 322 g/mol. The van der Waals surface area contributed by atoms with Gasteiger partial charge in [-0.05, 0) is 34.2 Å².